The Balaban J connectivity index is 2.29. The SMILES string of the molecule is COC(CCC(C)C(=O)OCc1ccccc1)OC. The van der Waals surface area contributed by atoms with E-state index in [2.05, 4.69) is 0 Å². The van der Waals surface area contributed by atoms with Crippen molar-refractivity contribution in [3.8, 4) is 0 Å². The summed E-state index contributed by atoms with van der Waals surface area (Å²) in [6.07, 6.45) is 1.10. The summed E-state index contributed by atoms with van der Waals surface area (Å²) >= 11 is 0. The number of ether oxygens (including phenoxy) is 3. The third-order valence-corrected chi connectivity index (χ3v) is 2.99. The van der Waals surface area contributed by atoms with Crippen LogP contribution in [0.4, 0.5) is 0 Å². The van der Waals surface area contributed by atoms with Crippen molar-refractivity contribution in [1.82, 2.24) is 0 Å². The van der Waals surface area contributed by atoms with E-state index in [0.717, 1.165) is 5.56 Å². The molecule has 0 radical (unpaired) electrons. The van der Waals surface area contributed by atoms with Gasteiger partial charge in [-0.05, 0) is 18.4 Å². The third-order valence-electron chi connectivity index (χ3n) is 2.99. The highest BCUT2D eigenvalue weighted by molar-refractivity contribution is 5.71. The highest BCUT2D eigenvalue weighted by Crippen LogP contribution is 2.13. The Morgan fingerprint density at radius 3 is 2.32 bits per heavy atom. The molecule has 0 bridgehead atoms. The smallest absolute Gasteiger partial charge is 0.308 e. The van der Waals surface area contributed by atoms with Crippen LogP contribution in [0.3, 0.4) is 0 Å². The number of carbonyl (C=O) groups excluding carboxylic acids is 1. The largest absolute Gasteiger partial charge is 0.461 e. The van der Waals surface area contributed by atoms with Gasteiger partial charge in [-0.2, -0.15) is 0 Å². The first-order chi connectivity index (χ1) is 9.17. The second-order valence-electron chi connectivity index (χ2n) is 4.47. The molecule has 19 heavy (non-hydrogen) atoms. The number of methoxy groups -OCH3 is 2. The van der Waals surface area contributed by atoms with Crippen LogP contribution >= 0.6 is 0 Å². The molecule has 1 unspecified atom stereocenters. The number of benzene rings is 1. The first-order valence-electron chi connectivity index (χ1n) is 6.43. The normalized spacial score (nSPS) is 12.4. The Morgan fingerprint density at radius 1 is 1.11 bits per heavy atom. The summed E-state index contributed by atoms with van der Waals surface area (Å²) in [6.45, 7) is 2.18. The van der Waals surface area contributed by atoms with E-state index in [4.69, 9.17) is 14.2 Å². The van der Waals surface area contributed by atoms with Crippen LogP contribution in [0.5, 0.6) is 0 Å². The fraction of sp³-hybridized carbons (Fsp3) is 0.533. The van der Waals surface area contributed by atoms with Gasteiger partial charge in [-0.25, -0.2) is 0 Å². The standard InChI is InChI=1S/C15H22O4/c1-12(9-10-14(17-2)18-3)15(16)19-11-13-7-5-4-6-8-13/h4-8,12,14H,9-11H2,1-3H3. The van der Waals surface area contributed by atoms with Crippen LogP contribution < -0.4 is 0 Å². The Bertz CT molecular complexity index is 360. The lowest BCUT2D eigenvalue weighted by Gasteiger charge is -2.16. The van der Waals surface area contributed by atoms with Gasteiger partial charge in [0.1, 0.15) is 6.61 Å². The van der Waals surface area contributed by atoms with Gasteiger partial charge in [-0.3, -0.25) is 4.79 Å². The van der Waals surface area contributed by atoms with Crippen molar-refractivity contribution < 1.29 is 19.0 Å². The van der Waals surface area contributed by atoms with E-state index in [0.29, 0.717) is 19.4 Å². The molecule has 1 aromatic carbocycles. The minimum atomic E-state index is -0.260. The van der Waals surface area contributed by atoms with E-state index in [-0.39, 0.29) is 18.2 Å². The summed E-state index contributed by atoms with van der Waals surface area (Å²) in [5, 5.41) is 0. The van der Waals surface area contributed by atoms with Crippen LogP contribution in [0.25, 0.3) is 0 Å². The molecule has 4 heteroatoms. The molecule has 0 aliphatic carbocycles. The van der Waals surface area contributed by atoms with Gasteiger partial charge in [0, 0.05) is 14.2 Å². The molecular weight excluding hydrogens is 244 g/mol. The van der Waals surface area contributed by atoms with E-state index in [9.17, 15) is 4.79 Å². The number of esters is 1. The van der Waals surface area contributed by atoms with E-state index in [1.807, 2.05) is 37.3 Å². The van der Waals surface area contributed by atoms with Crippen molar-refractivity contribution in [2.24, 2.45) is 5.92 Å². The fourth-order valence-electron chi connectivity index (χ4n) is 1.71. The number of rotatable bonds is 8. The Morgan fingerprint density at radius 2 is 1.74 bits per heavy atom. The molecule has 0 saturated carbocycles. The molecule has 1 atom stereocenters. The zero-order chi connectivity index (χ0) is 14.1. The highest BCUT2D eigenvalue weighted by atomic mass is 16.7. The predicted octanol–water partition coefficient (Wildman–Crippen LogP) is 2.77. The maximum atomic E-state index is 11.8. The number of carbonyl (C=O) groups is 1. The second-order valence-corrected chi connectivity index (χ2v) is 4.47. The quantitative estimate of drug-likeness (QED) is 0.536. The van der Waals surface area contributed by atoms with Crippen molar-refractivity contribution in [1.29, 1.82) is 0 Å². The summed E-state index contributed by atoms with van der Waals surface area (Å²) in [5.74, 6) is -0.341. The van der Waals surface area contributed by atoms with Gasteiger partial charge in [-0.15, -0.1) is 0 Å². The predicted molar refractivity (Wildman–Crippen MR) is 72.4 cm³/mol. The molecule has 0 aliphatic rings. The highest BCUT2D eigenvalue weighted by Gasteiger charge is 2.17. The topological polar surface area (TPSA) is 44.8 Å². The average molecular weight is 266 g/mol. The van der Waals surface area contributed by atoms with Crippen molar-refractivity contribution in [3.63, 3.8) is 0 Å². The minimum absolute atomic E-state index is 0.156. The molecule has 0 aliphatic heterocycles. The van der Waals surface area contributed by atoms with Crippen LogP contribution in [0.15, 0.2) is 30.3 Å². The Labute approximate surface area is 114 Å². The monoisotopic (exact) mass is 266 g/mol. The van der Waals surface area contributed by atoms with E-state index in [1.165, 1.54) is 0 Å². The van der Waals surface area contributed by atoms with Crippen molar-refractivity contribution in [3.05, 3.63) is 35.9 Å². The molecule has 0 heterocycles. The number of hydrogen-bond donors (Lipinski definition) is 0. The molecule has 0 spiro atoms. The second kappa shape index (κ2) is 8.67. The summed E-state index contributed by atoms with van der Waals surface area (Å²) in [7, 11) is 3.18. The van der Waals surface area contributed by atoms with Crippen LogP contribution in [0.2, 0.25) is 0 Å². The van der Waals surface area contributed by atoms with Gasteiger partial charge in [0.25, 0.3) is 0 Å². The minimum Gasteiger partial charge on any atom is -0.461 e. The molecule has 0 amide bonds. The molecule has 4 nitrogen and oxygen atoms in total. The van der Waals surface area contributed by atoms with Gasteiger partial charge in [0.15, 0.2) is 6.29 Å². The van der Waals surface area contributed by atoms with Crippen LogP contribution in [-0.2, 0) is 25.6 Å². The summed E-state index contributed by atoms with van der Waals surface area (Å²) < 4.78 is 15.4. The van der Waals surface area contributed by atoms with E-state index >= 15 is 0 Å². The lowest BCUT2D eigenvalue weighted by atomic mass is 10.1. The van der Waals surface area contributed by atoms with Crippen LogP contribution in [-0.4, -0.2) is 26.5 Å². The van der Waals surface area contributed by atoms with Gasteiger partial charge >= 0.3 is 5.97 Å². The molecular formula is C15H22O4. The van der Waals surface area contributed by atoms with Crippen molar-refractivity contribution in [2.45, 2.75) is 32.7 Å². The Hall–Kier alpha value is -1.39. The zero-order valence-corrected chi connectivity index (χ0v) is 11.8. The maximum absolute atomic E-state index is 11.8. The van der Waals surface area contributed by atoms with Crippen LogP contribution in [0, 0.1) is 5.92 Å². The van der Waals surface area contributed by atoms with Crippen LogP contribution in [0.1, 0.15) is 25.3 Å². The molecule has 106 valence electrons. The molecule has 1 rings (SSSR count). The third kappa shape index (κ3) is 5.85. The van der Waals surface area contributed by atoms with Gasteiger partial charge in [-0.1, -0.05) is 37.3 Å². The molecule has 0 N–H and O–H groups in total. The lowest BCUT2D eigenvalue weighted by Crippen LogP contribution is -2.19. The Kier molecular flexibility index (Phi) is 7.15. The molecule has 1 aromatic rings. The summed E-state index contributed by atoms with van der Waals surface area (Å²) in [4.78, 5) is 11.8. The zero-order valence-electron chi connectivity index (χ0n) is 11.8. The fourth-order valence-corrected chi connectivity index (χ4v) is 1.71. The first-order valence-corrected chi connectivity index (χ1v) is 6.43. The van der Waals surface area contributed by atoms with E-state index in [1.54, 1.807) is 14.2 Å². The maximum Gasteiger partial charge on any atom is 0.308 e. The summed E-state index contributed by atoms with van der Waals surface area (Å²) in [5.41, 5.74) is 0.995. The average Bonchev–Trinajstić information content (AvgIpc) is 2.46. The molecule has 0 saturated heterocycles. The lowest BCUT2D eigenvalue weighted by molar-refractivity contribution is -0.151. The van der Waals surface area contributed by atoms with Crippen molar-refractivity contribution >= 4 is 5.97 Å². The van der Waals surface area contributed by atoms with Gasteiger partial charge < -0.3 is 14.2 Å². The molecule has 0 fully saturated rings. The van der Waals surface area contributed by atoms with Gasteiger partial charge in [0.05, 0.1) is 5.92 Å². The van der Waals surface area contributed by atoms with E-state index < -0.39 is 0 Å². The van der Waals surface area contributed by atoms with Crippen molar-refractivity contribution in [2.75, 3.05) is 14.2 Å². The number of hydrogen-bond acceptors (Lipinski definition) is 4. The first kappa shape index (κ1) is 15.7. The molecule has 0 aromatic heterocycles. The van der Waals surface area contributed by atoms with Gasteiger partial charge in [0.2, 0.25) is 0 Å². The summed E-state index contributed by atoms with van der Waals surface area (Å²) in [6, 6.07) is 9.65.